The molecule has 1 unspecified atom stereocenters. The Morgan fingerprint density at radius 2 is 2.27 bits per heavy atom. The van der Waals surface area contributed by atoms with E-state index in [0.29, 0.717) is 17.8 Å². The summed E-state index contributed by atoms with van der Waals surface area (Å²) in [5.74, 6) is 2.43. The van der Waals surface area contributed by atoms with Gasteiger partial charge in [0.25, 0.3) is 0 Å². The van der Waals surface area contributed by atoms with Crippen LogP contribution in [0.4, 0.5) is 5.13 Å². The third-order valence-corrected chi connectivity index (χ3v) is 4.30. The average Bonchev–Trinajstić information content (AvgIpc) is 2.83. The fourth-order valence-corrected chi connectivity index (χ4v) is 3.26. The van der Waals surface area contributed by atoms with Crippen molar-refractivity contribution in [2.24, 2.45) is 0 Å². The maximum atomic E-state index is 5.95. The fraction of sp³-hybridized carbons (Fsp3) is 0.800. The molecule has 0 bridgehead atoms. The van der Waals surface area contributed by atoms with Gasteiger partial charge in [-0.25, -0.2) is 4.98 Å². The molecule has 0 radical (unpaired) electrons. The van der Waals surface area contributed by atoms with Gasteiger partial charge in [0, 0.05) is 35.9 Å². The van der Waals surface area contributed by atoms with Gasteiger partial charge in [-0.1, -0.05) is 0 Å². The van der Waals surface area contributed by atoms with E-state index in [4.69, 9.17) is 11.6 Å². The highest BCUT2D eigenvalue weighted by molar-refractivity contribution is 7.09. The first-order valence-electron chi connectivity index (χ1n) is 5.54. The molecule has 0 N–H and O–H groups in total. The molecule has 3 rings (SSSR count). The third kappa shape index (κ3) is 1.85. The van der Waals surface area contributed by atoms with Crippen molar-refractivity contribution in [1.29, 1.82) is 0 Å². The van der Waals surface area contributed by atoms with Gasteiger partial charge in [-0.2, -0.15) is 4.37 Å². The highest BCUT2D eigenvalue weighted by Gasteiger charge is 2.31. The van der Waals surface area contributed by atoms with Gasteiger partial charge < -0.3 is 4.90 Å². The summed E-state index contributed by atoms with van der Waals surface area (Å²) in [5, 5.41) is 1.08. The molecule has 2 aliphatic rings. The molecule has 2 heterocycles. The van der Waals surface area contributed by atoms with E-state index in [-0.39, 0.29) is 0 Å². The molecule has 1 saturated heterocycles. The summed E-state index contributed by atoms with van der Waals surface area (Å²) >= 11 is 7.49. The zero-order valence-corrected chi connectivity index (χ0v) is 10.1. The summed E-state index contributed by atoms with van der Waals surface area (Å²) in [6.07, 6.45) is 4.97. The first kappa shape index (κ1) is 9.85. The van der Waals surface area contributed by atoms with Crippen molar-refractivity contribution in [2.75, 3.05) is 17.3 Å². The molecular weight excluding hydrogens is 230 g/mol. The molecule has 5 heteroatoms. The summed E-state index contributed by atoms with van der Waals surface area (Å²) in [6, 6.07) is 0.478. The summed E-state index contributed by atoms with van der Waals surface area (Å²) in [7, 11) is 0. The topological polar surface area (TPSA) is 29.0 Å². The van der Waals surface area contributed by atoms with Crippen LogP contribution in [0.25, 0.3) is 0 Å². The van der Waals surface area contributed by atoms with Gasteiger partial charge >= 0.3 is 0 Å². The van der Waals surface area contributed by atoms with E-state index in [1.165, 1.54) is 25.7 Å². The van der Waals surface area contributed by atoms with Gasteiger partial charge in [-0.05, 0) is 25.7 Å². The molecule has 3 nitrogen and oxygen atoms in total. The number of nitrogens with zero attached hydrogens (tertiary/aromatic N) is 3. The van der Waals surface area contributed by atoms with E-state index in [2.05, 4.69) is 14.3 Å². The van der Waals surface area contributed by atoms with Crippen molar-refractivity contribution in [1.82, 2.24) is 9.36 Å². The van der Waals surface area contributed by atoms with E-state index in [1.54, 1.807) is 11.5 Å². The lowest BCUT2D eigenvalue weighted by atomic mass is 10.2. The fourth-order valence-electron chi connectivity index (χ4n) is 2.10. The molecule has 1 aliphatic heterocycles. The first-order valence-corrected chi connectivity index (χ1v) is 6.85. The van der Waals surface area contributed by atoms with Crippen molar-refractivity contribution in [3.8, 4) is 0 Å². The zero-order chi connectivity index (χ0) is 10.3. The Bertz CT molecular complexity index is 350. The molecule has 82 valence electrons. The lowest BCUT2D eigenvalue weighted by Crippen LogP contribution is -2.30. The Balaban J connectivity index is 1.78. The molecule has 0 aromatic carbocycles. The Kier molecular flexibility index (Phi) is 2.56. The van der Waals surface area contributed by atoms with E-state index in [1.807, 2.05) is 0 Å². The maximum absolute atomic E-state index is 5.95. The molecule has 1 saturated carbocycles. The van der Waals surface area contributed by atoms with Crippen LogP contribution in [-0.2, 0) is 0 Å². The molecule has 1 aliphatic carbocycles. The smallest absolute Gasteiger partial charge is 0.205 e. The summed E-state index contributed by atoms with van der Waals surface area (Å²) in [5.41, 5.74) is 0. The summed E-state index contributed by atoms with van der Waals surface area (Å²) in [6.45, 7) is 1.09. The third-order valence-electron chi connectivity index (χ3n) is 3.17. The first-order chi connectivity index (χ1) is 7.38. The van der Waals surface area contributed by atoms with Crippen molar-refractivity contribution < 1.29 is 0 Å². The van der Waals surface area contributed by atoms with Gasteiger partial charge in [0.15, 0.2) is 0 Å². The SMILES string of the molecule is ClCC1CCCN1c1nc(C2CC2)ns1. The molecular formula is C10H14ClN3S. The molecule has 1 aromatic rings. The van der Waals surface area contributed by atoms with Crippen LogP contribution < -0.4 is 4.90 Å². The van der Waals surface area contributed by atoms with Crippen LogP contribution in [0.2, 0.25) is 0 Å². The second kappa shape index (κ2) is 3.91. The maximum Gasteiger partial charge on any atom is 0.205 e. The minimum absolute atomic E-state index is 0.478. The van der Waals surface area contributed by atoms with E-state index < -0.39 is 0 Å². The van der Waals surface area contributed by atoms with Crippen LogP contribution in [0, 0.1) is 0 Å². The monoisotopic (exact) mass is 243 g/mol. The Morgan fingerprint density at radius 3 is 3.00 bits per heavy atom. The van der Waals surface area contributed by atoms with Gasteiger partial charge in [-0.3, -0.25) is 0 Å². The quantitative estimate of drug-likeness (QED) is 0.765. The van der Waals surface area contributed by atoms with Crippen LogP contribution in [0.1, 0.15) is 37.4 Å². The minimum atomic E-state index is 0.478. The van der Waals surface area contributed by atoms with E-state index in [0.717, 1.165) is 17.5 Å². The highest BCUT2D eigenvalue weighted by atomic mass is 35.5. The number of halogens is 1. The predicted molar refractivity (Wildman–Crippen MR) is 63.0 cm³/mol. The van der Waals surface area contributed by atoms with E-state index >= 15 is 0 Å². The number of alkyl halides is 1. The van der Waals surface area contributed by atoms with Gasteiger partial charge in [0.1, 0.15) is 5.82 Å². The number of rotatable bonds is 3. The number of anilines is 1. The normalized spacial score (nSPS) is 26.2. The molecule has 2 fully saturated rings. The average molecular weight is 244 g/mol. The van der Waals surface area contributed by atoms with Gasteiger partial charge in [0.2, 0.25) is 5.13 Å². The minimum Gasteiger partial charge on any atom is -0.343 e. The summed E-state index contributed by atoms with van der Waals surface area (Å²) < 4.78 is 4.44. The Morgan fingerprint density at radius 1 is 1.40 bits per heavy atom. The van der Waals surface area contributed by atoms with Crippen LogP contribution in [0.15, 0.2) is 0 Å². The molecule has 15 heavy (non-hydrogen) atoms. The van der Waals surface area contributed by atoms with Crippen LogP contribution in [0.3, 0.4) is 0 Å². The number of hydrogen-bond acceptors (Lipinski definition) is 4. The van der Waals surface area contributed by atoms with Crippen LogP contribution in [-0.4, -0.2) is 27.8 Å². The molecule has 0 amide bonds. The number of aromatic nitrogens is 2. The Hall–Kier alpha value is -0.350. The lowest BCUT2D eigenvalue weighted by Gasteiger charge is -2.20. The van der Waals surface area contributed by atoms with E-state index in [9.17, 15) is 0 Å². The molecule has 1 aromatic heterocycles. The highest BCUT2D eigenvalue weighted by Crippen LogP contribution is 2.40. The van der Waals surface area contributed by atoms with Gasteiger partial charge in [-0.15, -0.1) is 11.6 Å². The van der Waals surface area contributed by atoms with Crippen molar-refractivity contribution >= 4 is 28.3 Å². The van der Waals surface area contributed by atoms with Crippen molar-refractivity contribution in [3.63, 3.8) is 0 Å². The van der Waals surface area contributed by atoms with Crippen LogP contribution >= 0.6 is 23.1 Å². The standard InChI is InChI=1S/C10H14ClN3S/c11-6-8-2-1-5-14(8)10-12-9(13-15-10)7-3-4-7/h7-8H,1-6H2. The lowest BCUT2D eigenvalue weighted by molar-refractivity contribution is 0.737. The van der Waals surface area contributed by atoms with Crippen LogP contribution in [0.5, 0.6) is 0 Å². The molecule has 1 atom stereocenters. The Labute approximate surface area is 98.6 Å². The second-order valence-corrected chi connectivity index (χ2v) is 5.39. The van der Waals surface area contributed by atoms with Crippen molar-refractivity contribution in [2.45, 2.75) is 37.6 Å². The zero-order valence-electron chi connectivity index (χ0n) is 8.53. The largest absolute Gasteiger partial charge is 0.343 e. The number of hydrogen-bond donors (Lipinski definition) is 0. The second-order valence-electron chi connectivity index (χ2n) is 4.35. The van der Waals surface area contributed by atoms with Crippen molar-refractivity contribution in [3.05, 3.63) is 5.82 Å². The molecule has 0 spiro atoms. The summed E-state index contributed by atoms with van der Waals surface area (Å²) in [4.78, 5) is 6.96. The predicted octanol–water partition coefficient (Wildman–Crippen LogP) is 2.62. The van der Waals surface area contributed by atoms with Gasteiger partial charge in [0.05, 0.1) is 0 Å².